The van der Waals surface area contributed by atoms with Gasteiger partial charge in [-0.25, -0.2) is 4.79 Å². The van der Waals surface area contributed by atoms with Gasteiger partial charge in [0.05, 0.1) is 0 Å². The quantitative estimate of drug-likeness (QED) is 0.739. The molecule has 6 nitrogen and oxygen atoms in total. The molecule has 1 aromatic rings. The molecule has 21 heavy (non-hydrogen) atoms. The zero-order chi connectivity index (χ0) is 16.2. The van der Waals surface area contributed by atoms with E-state index in [4.69, 9.17) is 10.2 Å². The number of alkyl halides is 3. The van der Waals surface area contributed by atoms with Crippen molar-refractivity contribution in [3.8, 4) is 5.75 Å². The zero-order valence-corrected chi connectivity index (χ0v) is 10.4. The van der Waals surface area contributed by atoms with E-state index in [1.54, 1.807) is 0 Å². The molecule has 0 spiro atoms. The van der Waals surface area contributed by atoms with Gasteiger partial charge in [-0.05, 0) is 29.7 Å². The van der Waals surface area contributed by atoms with Gasteiger partial charge in [0.2, 0.25) is 0 Å². The van der Waals surface area contributed by atoms with E-state index in [2.05, 4.69) is 4.74 Å². The highest BCUT2D eigenvalue weighted by atomic mass is 19.4. The summed E-state index contributed by atoms with van der Waals surface area (Å²) in [6.07, 6.45) is -7.54. The van der Waals surface area contributed by atoms with Crippen LogP contribution in [0, 0.1) is 0 Å². The molecule has 0 bridgehead atoms. The fraction of sp³-hybridized carbons (Fsp3) is 0.333. The molecular formula is C12H11F3O6. The van der Waals surface area contributed by atoms with E-state index < -0.39 is 30.2 Å². The Kier molecular flexibility index (Phi) is 5.14. The molecule has 0 fully saturated rings. The number of halogens is 3. The molecule has 9 heteroatoms. The van der Waals surface area contributed by atoms with Gasteiger partial charge in [0.25, 0.3) is 0 Å². The number of carboxylic acid groups (broad SMARTS) is 2. The van der Waals surface area contributed by atoms with E-state index in [9.17, 15) is 27.9 Å². The first-order valence-corrected chi connectivity index (χ1v) is 5.61. The van der Waals surface area contributed by atoms with Gasteiger partial charge in [-0.2, -0.15) is 0 Å². The van der Waals surface area contributed by atoms with Gasteiger partial charge >= 0.3 is 18.3 Å². The van der Waals surface area contributed by atoms with Gasteiger partial charge in [0.1, 0.15) is 5.75 Å². The van der Waals surface area contributed by atoms with Gasteiger partial charge in [0.15, 0.2) is 6.10 Å². The molecule has 1 unspecified atom stereocenters. The van der Waals surface area contributed by atoms with Crippen molar-refractivity contribution < 1.29 is 42.8 Å². The van der Waals surface area contributed by atoms with E-state index in [1.807, 2.05) is 0 Å². The smallest absolute Gasteiger partial charge is 0.481 e. The van der Waals surface area contributed by atoms with Crippen molar-refractivity contribution in [2.24, 2.45) is 0 Å². The van der Waals surface area contributed by atoms with Gasteiger partial charge in [-0.15, -0.1) is 13.2 Å². The molecule has 0 aliphatic rings. The Morgan fingerprint density at radius 1 is 1.24 bits per heavy atom. The monoisotopic (exact) mass is 308 g/mol. The Labute approximate surface area is 116 Å². The van der Waals surface area contributed by atoms with E-state index in [-0.39, 0.29) is 24.0 Å². The predicted octanol–water partition coefficient (Wildman–Crippen LogP) is 1.72. The van der Waals surface area contributed by atoms with Crippen molar-refractivity contribution in [3.63, 3.8) is 0 Å². The SMILES string of the molecule is O=C(O)CCc1ccc(OC(F)(F)F)cc1C(O)C(=O)O. The number of aliphatic hydroxyl groups is 1. The molecule has 0 aromatic heterocycles. The fourth-order valence-corrected chi connectivity index (χ4v) is 1.63. The number of aliphatic hydroxyl groups excluding tert-OH is 1. The molecule has 0 saturated carbocycles. The second-order valence-electron chi connectivity index (χ2n) is 4.04. The van der Waals surface area contributed by atoms with Crippen molar-refractivity contribution in [1.29, 1.82) is 0 Å². The molecular weight excluding hydrogens is 297 g/mol. The van der Waals surface area contributed by atoms with Crippen LogP contribution in [0.5, 0.6) is 5.75 Å². The molecule has 1 rings (SSSR count). The topological polar surface area (TPSA) is 104 Å². The molecule has 0 radical (unpaired) electrons. The van der Waals surface area contributed by atoms with Crippen LogP contribution in [0.3, 0.4) is 0 Å². The molecule has 3 N–H and O–H groups in total. The second kappa shape index (κ2) is 6.44. The van der Waals surface area contributed by atoms with Gasteiger partial charge in [-0.1, -0.05) is 6.07 Å². The second-order valence-corrected chi connectivity index (χ2v) is 4.04. The van der Waals surface area contributed by atoms with E-state index in [1.165, 1.54) is 0 Å². The Hall–Kier alpha value is -2.29. The van der Waals surface area contributed by atoms with Crippen molar-refractivity contribution in [2.75, 3.05) is 0 Å². The maximum atomic E-state index is 12.1. The summed E-state index contributed by atoms with van der Waals surface area (Å²) in [5, 5.41) is 26.8. The van der Waals surface area contributed by atoms with E-state index in [0.717, 1.165) is 18.2 Å². The Morgan fingerprint density at radius 3 is 2.33 bits per heavy atom. The summed E-state index contributed by atoms with van der Waals surface area (Å²) in [5.41, 5.74) is -0.229. The average molecular weight is 308 g/mol. The standard InChI is InChI=1S/C12H11F3O6/c13-12(14,15)21-7-3-1-6(2-4-9(16)17)8(5-7)10(18)11(19)20/h1,3,5,10,18H,2,4H2,(H,16,17)(H,19,20). The summed E-state index contributed by atoms with van der Waals surface area (Å²) in [5.74, 6) is -3.53. The summed E-state index contributed by atoms with van der Waals surface area (Å²) in [6.45, 7) is 0. The highest BCUT2D eigenvalue weighted by molar-refractivity contribution is 5.75. The third kappa shape index (κ3) is 5.30. The summed E-state index contributed by atoms with van der Waals surface area (Å²) in [4.78, 5) is 21.2. The lowest BCUT2D eigenvalue weighted by Gasteiger charge is -2.15. The number of aliphatic carboxylic acids is 2. The zero-order valence-electron chi connectivity index (χ0n) is 10.4. The Morgan fingerprint density at radius 2 is 1.86 bits per heavy atom. The number of carboxylic acids is 2. The van der Waals surface area contributed by atoms with Crippen molar-refractivity contribution in [1.82, 2.24) is 0 Å². The number of aryl methyl sites for hydroxylation is 1. The van der Waals surface area contributed by atoms with E-state index >= 15 is 0 Å². The van der Waals surface area contributed by atoms with Gasteiger partial charge in [-0.3, -0.25) is 4.79 Å². The third-order valence-corrected chi connectivity index (χ3v) is 2.49. The van der Waals surface area contributed by atoms with E-state index in [0.29, 0.717) is 0 Å². The van der Waals surface area contributed by atoms with Crippen LogP contribution in [0.25, 0.3) is 0 Å². The van der Waals surface area contributed by atoms with Crippen LogP contribution in [0.2, 0.25) is 0 Å². The minimum atomic E-state index is -4.96. The normalized spacial score (nSPS) is 12.8. The summed E-state index contributed by atoms with van der Waals surface area (Å²) in [7, 11) is 0. The highest BCUT2D eigenvalue weighted by Crippen LogP contribution is 2.29. The van der Waals surface area contributed by atoms with Gasteiger partial charge < -0.3 is 20.1 Å². The molecule has 0 saturated heterocycles. The third-order valence-electron chi connectivity index (χ3n) is 2.49. The number of hydrogen-bond donors (Lipinski definition) is 3. The molecule has 1 atom stereocenters. The van der Waals surface area contributed by atoms with Crippen LogP contribution in [0.1, 0.15) is 23.7 Å². The molecule has 116 valence electrons. The van der Waals surface area contributed by atoms with Crippen molar-refractivity contribution in [2.45, 2.75) is 25.3 Å². The van der Waals surface area contributed by atoms with Crippen LogP contribution in [-0.4, -0.2) is 33.6 Å². The number of carbonyl (C=O) groups is 2. The summed E-state index contributed by atoms with van der Waals surface area (Å²) < 4.78 is 40.0. The number of hydrogen-bond acceptors (Lipinski definition) is 4. The van der Waals surface area contributed by atoms with Gasteiger partial charge in [0, 0.05) is 6.42 Å². The largest absolute Gasteiger partial charge is 0.573 e. The lowest BCUT2D eigenvalue weighted by atomic mass is 9.98. The first kappa shape index (κ1) is 16.8. The molecule has 0 aliphatic carbocycles. The van der Waals surface area contributed by atoms with Crippen LogP contribution < -0.4 is 4.74 Å². The van der Waals surface area contributed by atoms with Crippen LogP contribution in [0.4, 0.5) is 13.2 Å². The Balaban J connectivity index is 3.13. The average Bonchev–Trinajstić information content (AvgIpc) is 2.34. The van der Waals surface area contributed by atoms with Crippen LogP contribution in [-0.2, 0) is 16.0 Å². The van der Waals surface area contributed by atoms with Crippen LogP contribution in [0.15, 0.2) is 18.2 Å². The lowest BCUT2D eigenvalue weighted by Crippen LogP contribution is -2.18. The number of rotatable bonds is 6. The fourth-order valence-electron chi connectivity index (χ4n) is 1.63. The van der Waals surface area contributed by atoms with Crippen molar-refractivity contribution >= 4 is 11.9 Å². The first-order valence-electron chi connectivity index (χ1n) is 5.61. The minimum absolute atomic E-state index is 0.113. The first-order chi connectivity index (χ1) is 9.60. The maximum Gasteiger partial charge on any atom is 0.573 e. The highest BCUT2D eigenvalue weighted by Gasteiger charge is 2.32. The molecule has 0 aliphatic heterocycles. The Bertz CT molecular complexity index is 540. The molecule has 0 heterocycles. The molecule has 1 aromatic carbocycles. The lowest BCUT2D eigenvalue weighted by molar-refractivity contribution is -0.274. The number of ether oxygens (including phenoxy) is 1. The maximum absolute atomic E-state index is 12.1. The molecule has 0 amide bonds. The minimum Gasteiger partial charge on any atom is -0.481 e. The van der Waals surface area contributed by atoms with Crippen molar-refractivity contribution in [3.05, 3.63) is 29.3 Å². The van der Waals surface area contributed by atoms with Crippen LogP contribution >= 0.6 is 0 Å². The predicted molar refractivity (Wildman–Crippen MR) is 61.7 cm³/mol. The summed E-state index contributed by atoms with van der Waals surface area (Å²) in [6, 6.07) is 2.73. The number of benzene rings is 1. The summed E-state index contributed by atoms with van der Waals surface area (Å²) >= 11 is 0.